The van der Waals surface area contributed by atoms with Crippen molar-refractivity contribution in [3.05, 3.63) is 81.1 Å². The summed E-state index contributed by atoms with van der Waals surface area (Å²) in [6.07, 6.45) is 2.35. The second-order valence-electron chi connectivity index (χ2n) is 9.14. The molecule has 1 fully saturated rings. The lowest BCUT2D eigenvalue weighted by Gasteiger charge is -2.30. The molecule has 188 valence electrons. The van der Waals surface area contributed by atoms with Crippen molar-refractivity contribution in [3.63, 3.8) is 0 Å². The van der Waals surface area contributed by atoms with Crippen molar-refractivity contribution in [2.75, 3.05) is 32.0 Å². The minimum absolute atomic E-state index is 0.0543. The Morgan fingerprint density at radius 1 is 1.11 bits per heavy atom. The largest absolute Gasteiger partial charge is 0.333 e. The Kier molecular flexibility index (Phi) is 6.96. The van der Waals surface area contributed by atoms with Gasteiger partial charge in [-0.05, 0) is 54.9 Å². The monoisotopic (exact) mass is 532 g/mol. The fourth-order valence-electron chi connectivity index (χ4n) is 4.73. The van der Waals surface area contributed by atoms with Crippen LogP contribution in [0.3, 0.4) is 0 Å². The molecule has 2 amide bonds. The number of anilines is 2. The number of likely N-dealkylation sites (tertiary alicyclic amines) is 1. The Hall–Kier alpha value is -3.01. The predicted molar refractivity (Wildman–Crippen MR) is 135 cm³/mol. The van der Waals surface area contributed by atoms with Gasteiger partial charge in [0.1, 0.15) is 11.6 Å². The van der Waals surface area contributed by atoms with Crippen LogP contribution in [0.15, 0.2) is 42.6 Å². The SMILES string of the molecule is CN1C[C@@H](NC(=O)N2CCc3cnc(Nc4ccc(F)cc4Cl)nc3C2)[C@H](c2ccc(Cl)c(F)c2)C1. The summed E-state index contributed by atoms with van der Waals surface area (Å²) in [5.41, 5.74) is 2.98. The molecular formula is C25H24Cl2F2N6O. The summed E-state index contributed by atoms with van der Waals surface area (Å²) in [7, 11) is 1.97. The summed E-state index contributed by atoms with van der Waals surface area (Å²) in [6, 6.07) is 8.46. The number of halogens is 4. The lowest BCUT2D eigenvalue weighted by Crippen LogP contribution is -2.48. The van der Waals surface area contributed by atoms with Gasteiger partial charge in [-0.15, -0.1) is 0 Å². The average molecular weight is 533 g/mol. The van der Waals surface area contributed by atoms with Crippen LogP contribution < -0.4 is 10.6 Å². The van der Waals surface area contributed by atoms with Crippen LogP contribution in [0.4, 0.5) is 25.2 Å². The number of urea groups is 1. The molecule has 2 atom stereocenters. The van der Waals surface area contributed by atoms with Gasteiger partial charge in [-0.3, -0.25) is 0 Å². The van der Waals surface area contributed by atoms with Crippen LogP contribution in [-0.4, -0.2) is 58.5 Å². The minimum Gasteiger partial charge on any atom is -0.333 e. The molecule has 7 nitrogen and oxygen atoms in total. The molecule has 0 bridgehead atoms. The predicted octanol–water partition coefficient (Wildman–Crippen LogP) is 4.97. The maximum atomic E-state index is 14.1. The van der Waals surface area contributed by atoms with E-state index in [4.69, 9.17) is 23.2 Å². The summed E-state index contributed by atoms with van der Waals surface area (Å²) in [4.78, 5) is 25.9. The molecule has 1 aromatic heterocycles. The number of hydrogen-bond donors (Lipinski definition) is 2. The maximum absolute atomic E-state index is 14.1. The number of likely N-dealkylation sites (N-methyl/N-ethyl adjacent to an activating group) is 1. The van der Waals surface area contributed by atoms with Gasteiger partial charge < -0.3 is 20.4 Å². The number of nitrogens with zero attached hydrogens (tertiary/aromatic N) is 4. The van der Waals surface area contributed by atoms with Crippen molar-refractivity contribution in [2.24, 2.45) is 0 Å². The number of fused-ring (bicyclic) bond motifs is 1. The summed E-state index contributed by atoms with van der Waals surface area (Å²) >= 11 is 12.0. The molecule has 2 aliphatic rings. The third kappa shape index (κ3) is 5.23. The van der Waals surface area contributed by atoms with Gasteiger partial charge in [0.15, 0.2) is 0 Å². The first kappa shape index (κ1) is 24.7. The molecule has 0 saturated carbocycles. The Labute approximate surface area is 217 Å². The van der Waals surface area contributed by atoms with Crippen LogP contribution >= 0.6 is 23.2 Å². The van der Waals surface area contributed by atoms with Crippen molar-refractivity contribution < 1.29 is 13.6 Å². The van der Waals surface area contributed by atoms with E-state index in [0.717, 1.165) is 16.8 Å². The van der Waals surface area contributed by atoms with E-state index in [9.17, 15) is 13.6 Å². The van der Waals surface area contributed by atoms with E-state index >= 15 is 0 Å². The molecule has 2 aromatic carbocycles. The van der Waals surface area contributed by atoms with E-state index in [1.807, 2.05) is 13.1 Å². The molecule has 0 aliphatic carbocycles. The zero-order chi connectivity index (χ0) is 25.4. The Morgan fingerprint density at radius 2 is 1.94 bits per heavy atom. The first-order chi connectivity index (χ1) is 17.3. The Balaban J connectivity index is 1.28. The lowest BCUT2D eigenvalue weighted by atomic mass is 9.94. The van der Waals surface area contributed by atoms with Gasteiger partial charge in [0, 0.05) is 31.7 Å². The molecule has 0 radical (unpaired) electrons. The third-order valence-electron chi connectivity index (χ3n) is 6.59. The van der Waals surface area contributed by atoms with Crippen molar-refractivity contribution in [3.8, 4) is 0 Å². The number of carbonyl (C=O) groups excluding carboxylic acids is 1. The highest BCUT2D eigenvalue weighted by Gasteiger charge is 2.35. The lowest BCUT2D eigenvalue weighted by molar-refractivity contribution is 0.186. The van der Waals surface area contributed by atoms with Crippen molar-refractivity contribution in [1.82, 2.24) is 25.1 Å². The molecule has 11 heteroatoms. The summed E-state index contributed by atoms with van der Waals surface area (Å²) in [5.74, 6) is -0.643. The Bertz CT molecular complexity index is 1310. The average Bonchev–Trinajstić information content (AvgIpc) is 3.22. The number of aromatic nitrogens is 2. The zero-order valence-electron chi connectivity index (χ0n) is 19.4. The van der Waals surface area contributed by atoms with Crippen LogP contribution in [0.2, 0.25) is 10.0 Å². The fraction of sp³-hybridized carbons (Fsp3) is 0.320. The van der Waals surface area contributed by atoms with Crippen molar-refractivity contribution >= 4 is 40.9 Å². The second kappa shape index (κ2) is 10.2. The van der Waals surface area contributed by atoms with Crippen LogP contribution in [0.25, 0.3) is 0 Å². The molecule has 3 aromatic rings. The summed E-state index contributed by atoms with van der Waals surface area (Å²) in [6.45, 7) is 2.20. The molecule has 2 aliphatic heterocycles. The second-order valence-corrected chi connectivity index (χ2v) is 9.96. The topological polar surface area (TPSA) is 73.4 Å². The highest BCUT2D eigenvalue weighted by Crippen LogP contribution is 2.30. The maximum Gasteiger partial charge on any atom is 0.318 e. The number of amides is 2. The van der Waals surface area contributed by atoms with Crippen LogP contribution in [0.5, 0.6) is 0 Å². The molecule has 1 saturated heterocycles. The Morgan fingerprint density at radius 3 is 2.72 bits per heavy atom. The molecule has 2 N–H and O–H groups in total. The van der Waals surface area contributed by atoms with E-state index in [0.29, 0.717) is 44.2 Å². The van der Waals surface area contributed by atoms with Crippen molar-refractivity contribution in [2.45, 2.75) is 24.9 Å². The number of benzene rings is 2. The number of nitrogens with one attached hydrogen (secondary N) is 2. The molecule has 3 heterocycles. The first-order valence-electron chi connectivity index (χ1n) is 11.5. The molecule has 0 spiro atoms. The zero-order valence-corrected chi connectivity index (χ0v) is 21.0. The van der Waals surface area contributed by atoms with Gasteiger partial charge in [0.05, 0.1) is 34.0 Å². The van der Waals surface area contributed by atoms with Gasteiger partial charge in [0.2, 0.25) is 5.95 Å². The van der Waals surface area contributed by atoms with E-state index in [2.05, 4.69) is 25.5 Å². The fourth-order valence-corrected chi connectivity index (χ4v) is 5.06. The van der Waals surface area contributed by atoms with E-state index in [1.54, 1.807) is 17.2 Å². The quantitative estimate of drug-likeness (QED) is 0.496. The summed E-state index contributed by atoms with van der Waals surface area (Å²) < 4.78 is 27.4. The van der Waals surface area contributed by atoms with E-state index in [-0.39, 0.29) is 28.0 Å². The molecule has 5 rings (SSSR count). The number of hydrogen-bond acceptors (Lipinski definition) is 5. The molecule has 36 heavy (non-hydrogen) atoms. The highest BCUT2D eigenvalue weighted by molar-refractivity contribution is 6.33. The third-order valence-corrected chi connectivity index (χ3v) is 7.21. The van der Waals surface area contributed by atoms with Gasteiger partial charge in [-0.2, -0.15) is 0 Å². The first-order valence-corrected chi connectivity index (χ1v) is 12.3. The molecule has 0 unspecified atom stereocenters. The smallest absolute Gasteiger partial charge is 0.318 e. The summed E-state index contributed by atoms with van der Waals surface area (Å²) in [5, 5.41) is 6.44. The number of rotatable bonds is 4. The number of carbonyl (C=O) groups is 1. The van der Waals surface area contributed by atoms with Crippen LogP contribution in [0.1, 0.15) is 22.7 Å². The van der Waals surface area contributed by atoms with Gasteiger partial charge in [-0.1, -0.05) is 29.3 Å². The van der Waals surface area contributed by atoms with Gasteiger partial charge >= 0.3 is 6.03 Å². The standard InChI is InChI=1S/C25H24Cl2F2N6O/c1-34-11-17(14-2-4-18(26)20(29)8-14)23(12-34)33-25(36)35-7-6-15-10-30-24(32-22(15)13-35)31-21-5-3-16(28)9-19(21)27/h2-5,8-10,17,23H,6-7,11-13H2,1H3,(H,33,36)(H,30,31,32)/t17-,23+/m0/s1. The molecular weight excluding hydrogens is 509 g/mol. The van der Waals surface area contributed by atoms with Crippen LogP contribution in [0, 0.1) is 11.6 Å². The van der Waals surface area contributed by atoms with Crippen molar-refractivity contribution in [1.29, 1.82) is 0 Å². The van der Waals surface area contributed by atoms with E-state index < -0.39 is 11.6 Å². The highest BCUT2D eigenvalue weighted by atomic mass is 35.5. The van der Waals surface area contributed by atoms with Gasteiger partial charge in [-0.25, -0.2) is 23.5 Å². The van der Waals surface area contributed by atoms with Gasteiger partial charge in [0.25, 0.3) is 0 Å². The van der Waals surface area contributed by atoms with E-state index in [1.165, 1.54) is 24.3 Å². The normalized spacial score (nSPS) is 19.8. The minimum atomic E-state index is -0.465. The van der Waals surface area contributed by atoms with Crippen LogP contribution in [-0.2, 0) is 13.0 Å².